The van der Waals surface area contributed by atoms with Gasteiger partial charge in [-0.2, -0.15) is 11.8 Å². The molecule has 1 rings (SSSR count). The van der Waals surface area contributed by atoms with Crippen molar-refractivity contribution in [1.29, 1.82) is 0 Å². The highest BCUT2D eigenvalue weighted by molar-refractivity contribution is 8.00. The van der Waals surface area contributed by atoms with Crippen LogP contribution >= 0.6 is 11.8 Å². The van der Waals surface area contributed by atoms with Gasteiger partial charge >= 0.3 is 0 Å². The van der Waals surface area contributed by atoms with Crippen molar-refractivity contribution in [2.24, 2.45) is 0 Å². The van der Waals surface area contributed by atoms with E-state index in [-0.39, 0.29) is 0 Å². The molecule has 0 amide bonds. The van der Waals surface area contributed by atoms with Gasteiger partial charge < -0.3 is 5.32 Å². The summed E-state index contributed by atoms with van der Waals surface area (Å²) in [7, 11) is 0. The molecule has 0 radical (unpaired) electrons. The molecule has 1 aliphatic heterocycles. The third-order valence-electron chi connectivity index (χ3n) is 2.51. The average molecular weight is 187 g/mol. The fraction of sp³-hybridized carbons (Fsp3) is 1.00. The van der Waals surface area contributed by atoms with E-state index in [0.29, 0.717) is 6.04 Å². The molecule has 3 atom stereocenters. The maximum atomic E-state index is 3.70. The van der Waals surface area contributed by atoms with Crippen molar-refractivity contribution < 1.29 is 0 Å². The molecule has 0 aromatic rings. The molecule has 1 fully saturated rings. The zero-order valence-electron chi connectivity index (χ0n) is 8.47. The molecule has 1 heterocycles. The normalized spacial score (nSPS) is 36.8. The van der Waals surface area contributed by atoms with Gasteiger partial charge in [-0.3, -0.25) is 0 Å². The molecule has 0 aromatic heterocycles. The van der Waals surface area contributed by atoms with Gasteiger partial charge in [0, 0.05) is 23.1 Å². The van der Waals surface area contributed by atoms with Crippen molar-refractivity contribution in [2.75, 3.05) is 5.75 Å². The van der Waals surface area contributed by atoms with Gasteiger partial charge in [0.1, 0.15) is 0 Å². The van der Waals surface area contributed by atoms with Crippen LogP contribution in [-0.2, 0) is 0 Å². The smallest absolute Gasteiger partial charge is 0.0199 e. The van der Waals surface area contributed by atoms with Crippen LogP contribution in [0.1, 0.15) is 40.0 Å². The molecule has 1 saturated heterocycles. The number of hydrogen-bond donors (Lipinski definition) is 1. The molecule has 72 valence electrons. The standard InChI is InChI=1S/C10H21NS/c1-4-6-9-10(5-2)12-7-8(3)11-9/h8-11H,4-7H2,1-3H3. The van der Waals surface area contributed by atoms with Crippen LogP contribution in [0.15, 0.2) is 0 Å². The first-order chi connectivity index (χ1) is 5.77. The Balaban J connectivity index is 2.40. The van der Waals surface area contributed by atoms with E-state index < -0.39 is 0 Å². The Morgan fingerprint density at radius 3 is 2.75 bits per heavy atom. The molecule has 2 heteroatoms. The third kappa shape index (κ3) is 2.67. The highest BCUT2D eigenvalue weighted by Crippen LogP contribution is 2.26. The van der Waals surface area contributed by atoms with Crippen LogP contribution in [0.5, 0.6) is 0 Å². The van der Waals surface area contributed by atoms with Gasteiger partial charge in [0.15, 0.2) is 0 Å². The Morgan fingerprint density at radius 2 is 2.17 bits per heavy atom. The van der Waals surface area contributed by atoms with E-state index in [1.807, 2.05) is 0 Å². The lowest BCUT2D eigenvalue weighted by atomic mass is 10.1. The zero-order valence-corrected chi connectivity index (χ0v) is 9.29. The topological polar surface area (TPSA) is 12.0 Å². The Hall–Kier alpha value is 0.310. The summed E-state index contributed by atoms with van der Waals surface area (Å²) in [6, 6.07) is 1.49. The van der Waals surface area contributed by atoms with E-state index in [1.54, 1.807) is 0 Å². The van der Waals surface area contributed by atoms with Crippen LogP contribution in [0.25, 0.3) is 0 Å². The van der Waals surface area contributed by atoms with Crippen LogP contribution in [0.2, 0.25) is 0 Å². The number of hydrogen-bond acceptors (Lipinski definition) is 2. The van der Waals surface area contributed by atoms with Gasteiger partial charge in [-0.1, -0.05) is 20.3 Å². The third-order valence-corrected chi connectivity index (χ3v) is 4.29. The van der Waals surface area contributed by atoms with Crippen molar-refractivity contribution in [3.05, 3.63) is 0 Å². The van der Waals surface area contributed by atoms with Gasteiger partial charge in [0.2, 0.25) is 0 Å². The van der Waals surface area contributed by atoms with Crippen molar-refractivity contribution in [3.8, 4) is 0 Å². The van der Waals surface area contributed by atoms with Crippen molar-refractivity contribution >= 4 is 11.8 Å². The first kappa shape index (κ1) is 10.4. The lowest BCUT2D eigenvalue weighted by Gasteiger charge is -2.35. The maximum absolute atomic E-state index is 3.70. The van der Waals surface area contributed by atoms with Crippen LogP contribution in [0.3, 0.4) is 0 Å². The average Bonchev–Trinajstić information content (AvgIpc) is 2.05. The summed E-state index contributed by atoms with van der Waals surface area (Å²) >= 11 is 2.16. The number of nitrogens with one attached hydrogen (secondary N) is 1. The fourth-order valence-corrected chi connectivity index (χ4v) is 3.20. The van der Waals surface area contributed by atoms with Crippen LogP contribution in [-0.4, -0.2) is 23.1 Å². The SMILES string of the molecule is CCCC1NC(C)CSC1CC. The quantitative estimate of drug-likeness (QED) is 0.729. The molecule has 1 nitrogen and oxygen atoms in total. The Bertz CT molecular complexity index is 127. The molecular formula is C10H21NS. The second-order valence-corrected chi connectivity index (χ2v) is 5.02. The minimum atomic E-state index is 0.717. The van der Waals surface area contributed by atoms with E-state index in [4.69, 9.17) is 0 Å². The van der Waals surface area contributed by atoms with E-state index in [1.165, 1.54) is 25.0 Å². The van der Waals surface area contributed by atoms with Gasteiger partial charge in [0.25, 0.3) is 0 Å². The minimum absolute atomic E-state index is 0.717. The van der Waals surface area contributed by atoms with Crippen molar-refractivity contribution in [1.82, 2.24) is 5.32 Å². The molecular weight excluding hydrogens is 166 g/mol. The molecule has 0 spiro atoms. The maximum Gasteiger partial charge on any atom is 0.0199 e. The monoisotopic (exact) mass is 187 g/mol. The van der Waals surface area contributed by atoms with E-state index in [2.05, 4.69) is 37.8 Å². The largest absolute Gasteiger partial charge is 0.310 e. The lowest BCUT2D eigenvalue weighted by Crippen LogP contribution is -2.48. The van der Waals surface area contributed by atoms with Crippen LogP contribution < -0.4 is 5.32 Å². The molecule has 1 N–H and O–H groups in total. The Morgan fingerprint density at radius 1 is 1.42 bits per heavy atom. The predicted octanol–water partition coefficient (Wildman–Crippen LogP) is 2.66. The predicted molar refractivity (Wildman–Crippen MR) is 57.8 cm³/mol. The Labute approximate surface area is 80.7 Å². The van der Waals surface area contributed by atoms with E-state index in [9.17, 15) is 0 Å². The summed E-state index contributed by atoms with van der Waals surface area (Å²) in [6.07, 6.45) is 3.96. The summed E-state index contributed by atoms with van der Waals surface area (Å²) in [4.78, 5) is 0. The molecule has 1 aliphatic rings. The van der Waals surface area contributed by atoms with Gasteiger partial charge in [-0.05, 0) is 19.8 Å². The van der Waals surface area contributed by atoms with Crippen LogP contribution in [0.4, 0.5) is 0 Å². The highest BCUT2D eigenvalue weighted by atomic mass is 32.2. The lowest BCUT2D eigenvalue weighted by molar-refractivity contribution is 0.407. The van der Waals surface area contributed by atoms with Crippen molar-refractivity contribution in [3.63, 3.8) is 0 Å². The summed E-state index contributed by atoms with van der Waals surface area (Å²) < 4.78 is 0. The molecule has 12 heavy (non-hydrogen) atoms. The minimum Gasteiger partial charge on any atom is -0.310 e. The molecule has 0 bridgehead atoms. The molecule has 0 aromatic carbocycles. The number of rotatable bonds is 3. The highest BCUT2D eigenvalue weighted by Gasteiger charge is 2.25. The molecule has 0 saturated carbocycles. The van der Waals surface area contributed by atoms with E-state index in [0.717, 1.165) is 11.3 Å². The summed E-state index contributed by atoms with van der Waals surface area (Å²) in [6.45, 7) is 6.87. The summed E-state index contributed by atoms with van der Waals surface area (Å²) in [5.41, 5.74) is 0. The number of thioether (sulfide) groups is 1. The second kappa shape index (κ2) is 5.13. The first-order valence-corrected chi connectivity index (χ1v) is 6.20. The Kier molecular flexibility index (Phi) is 4.44. The second-order valence-electron chi connectivity index (χ2n) is 3.74. The van der Waals surface area contributed by atoms with E-state index >= 15 is 0 Å². The summed E-state index contributed by atoms with van der Waals surface area (Å²) in [5, 5.41) is 4.56. The molecule has 3 unspecified atom stereocenters. The van der Waals surface area contributed by atoms with Gasteiger partial charge in [0.05, 0.1) is 0 Å². The van der Waals surface area contributed by atoms with Gasteiger partial charge in [-0.15, -0.1) is 0 Å². The van der Waals surface area contributed by atoms with Gasteiger partial charge in [-0.25, -0.2) is 0 Å². The summed E-state index contributed by atoms with van der Waals surface area (Å²) in [5.74, 6) is 1.29. The van der Waals surface area contributed by atoms with Crippen molar-refractivity contribution in [2.45, 2.75) is 57.4 Å². The zero-order chi connectivity index (χ0) is 8.97. The first-order valence-electron chi connectivity index (χ1n) is 5.15. The van der Waals surface area contributed by atoms with Crippen LogP contribution in [0, 0.1) is 0 Å². The molecule has 0 aliphatic carbocycles. The fourth-order valence-electron chi connectivity index (χ4n) is 1.89.